The van der Waals surface area contributed by atoms with E-state index in [2.05, 4.69) is 20.1 Å². The third-order valence-electron chi connectivity index (χ3n) is 1.99. The van der Waals surface area contributed by atoms with Gasteiger partial charge in [-0.2, -0.15) is 0 Å². The molecule has 1 aromatic carbocycles. The van der Waals surface area contributed by atoms with E-state index in [-0.39, 0.29) is 13.2 Å². The predicted molar refractivity (Wildman–Crippen MR) is 74.4 cm³/mol. The predicted octanol–water partition coefficient (Wildman–Crippen LogP) is 4.22. The number of benzene rings is 1. The largest absolute Gasteiger partial charge is 0.376 e. The molecule has 0 saturated heterocycles. The maximum absolute atomic E-state index is 8.32. The summed E-state index contributed by atoms with van der Waals surface area (Å²) in [4.78, 5) is 5.29. The molecule has 0 aliphatic carbocycles. The van der Waals surface area contributed by atoms with E-state index in [1.807, 2.05) is 44.2 Å². The first-order valence-electron chi connectivity index (χ1n) is 6.03. The summed E-state index contributed by atoms with van der Waals surface area (Å²) in [5.41, 5.74) is 17.5. The number of hydrogen-bond donors (Lipinski definition) is 0. The minimum absolute atomic E-state index is 0.106. The molecule has 0 aromatic heterocycles. The Balaban J connectivity index is 0.00000154. The van der Waals surface area contributed by atoms with Gasteiger partial charge in [-0.15, -0.1) is 0 Å². The highest BCUT2D eigenvalue weighted by Crippen LogP contribution is 2.02. The molecule has 0 radical (unpaired) electrons. The van der Waals surface area contributed by atoms with Crippen LogP contribution in [-0.4, -0.2) is 19.2 Å². The molecule has 7 nitrogen and oxygen atoms in total. The number of azide groups is 2. The summed E-state index contributed by atoms with van der Waals surface area (Å²) < 4.78 is 5.38. The molecule has 0 amide bonds. The summed E-state index contributed by atoms with van der Waals surface area (Å²) >= 11 is 0. The van der Waals surface area contributed by atoms with Crippen LogP contribution in [0.25, 0.3) is 20.9 Å². The molecule has 7 heteroatoms. The lowest BCUT2D eigenvalue weighted by molar-refractivity contribution is 0.109. The van der Waals surface area contributed by atoms with Crippen molar-refractivity contribution in [3.05, 3.63) is 56.8 Å². The normalized spacial score (nSPS) is 10.2. The summed E-state index contributed by atoms with van der Waals surface area (Å²) in [6, 6.07) is 9.19. The van der Waals surface area contributed by atoms with Crippen LogP contribution in [0.4, 0.5) is 0 Å². The summed E-state index contributed by atoms with van der Waals surface area (Å²) in [7, 11) is 0. The van der Waals surface area contributed by atoms with Crippen LogP contribution in [0, 0.1) is 0 Å². The Morgan fingerprint density at radius 2 is 1.84 bits per heavy atom. The first kappa shape index (κ1) is 16.8. The van der Waals surface area contributed by atoms with Crippen LogP contribution in [0.1, 0.15) is 19.4 Å². The van der Waals surface area contributed by atoms with Gasteiger partial charge in [-0.3, -0.25) is 0 Å². The second-order valence-electron chi connectivity index (χ2n) is 3.27. The van der Waals surface area contributed by atoms with Crippen molar-refractivity contribution < 1.29 is 4.74 Å². The quantitative estimate of drug-likeness (QED) is 0.409. The fourth-order valence-electron chi connectivity index (χ4n) is 1.21. The smallest absolute Gasteiger partial charge is 0.0716 e. The van der Waals surface area contributed by atoms with Crippen molar-refractivity contribution in [2.45, 2.75) is 26.5 Å². The van der Waals surface area contributed by atoms with Crippen molar-refractivity contribution in [2.24, 2.45) is 10.2 Å². The van der Waals surface area contributed by atoms with Crippen molar-refractivity contribution in [3.63, 3.8) is 0 Å². The summed E-state index contributed by atoms with van der Waals surface area (Å²) in [6.45, 7) is 4.78. The fourth-order valence-corrected chi connectivity index (χ4v) is 1.21. The van der Waals surface area contributed by atoms with Crippen molar-refractivity contribution in [2.75, 3.05) is 13.2 Å². The molecule has 0 aliphatic rings. The Morgan fingerprint density at radius 1 is 1.16 bits per heavy atom. The zero-order chi connectivity index (χ0) is 14.3. The molecule has 1 atom stereocenters. The topological polar surface area (TPSA) is 107 Å². The molecule has 0 N–H and O–H groups in total. The molecule has 0 aliphatic heterocycles. The monoisotopic (exact) mass is 262 g/mol. The maximum Gasteiger partial charge on any atom is 0.0716 e. The molecule has 0 heterocycles. The molecule has 19 heavy (non-hydrogen) atoms. The highest BCUT2D eigenvalue weighted by molar-refractivity contribution is 5.13. The lowest BCUT2D eigenvalue weighted by Gasteiger charge is -2.08. The molecule has 0 fully saturated rings. The van der Waals surface area contributed by atoms with Gasteiger partial charge in [-0.05, 0) is 16.6 Å². The van der Waals surface area contributed by atoms with Crippen molar-refractivity contribution in [1.29, 1.82) is 0 Å². The van der Waals surface area contributed by atoms with E-state index in [9.17, 15) is 0 Å². The molecule has 0 saturated carbocycles. The van der Waals surface area contributed by atoms with Crippen LogP contribution in [0.3, 0.4) is 0 Å². The van der Waals surface area contributed by atoms with Gasteiger partial charge in [0.1, 0.15) is 0 Å². The van der Waals surface area contributed by atoms with Crippen LogP contribution in [0.15, 0.2) is 40.6 Å². The lowest BCUT2D eigenvalue weighted by atomic mass is 10.2. The Kier molecular flexibility index (Phi) is 10.8. The molecule has 1 aromatic rings. The number of hydrogen-bond acceptors (Lipinski definition) is 3. The minimum atomic E-state index is -0.459. The van der Waals surface area contributed by atoms with E-state index in [4.69, 9.17) is 15.8 Å². The average molecular weight is 262 g/mol. The van der Waals surface area contributed by atoms with Gasteiger partial charge in [0.05, 0.1) is 19.3 Å². The highest BCUT2D eigenvalue weighted by atomic mass is 16.5. The third kappa shape index (κ3) is 8.51. The van der Waals surface area contributed by atoms with Gasteiger partial charge in [0.25, 0.3) is 0 Å². The Morgan fingerprint density at radius 3 is 2.42 bits per heavy atom. The zero-order valence-corrected chi connectivity index (χ0v) is 11.2. The maximum atomic E-state index is 8.32. The molecule has 0 spiro atoms. The molecule has 1 unspecified atom stereocenters. The summed E-state index contributed by atoms with van der Waals surface area (Å²) in [6.07, 6.45) is 0. The average Bonchev–Trinajstić information content (AvgIpc) is 2.48. The van der Waals surface area contributed by atoms with Gasteiger partial charge < -0.3 is 4.74 Å². The van der Waals surface area contributed by atoms with Crippen molar-refractivity contribution >= 4 is 0 Å². The molecular weight excluding hydrogens is 244 g/mol. The van der Waals surface area contributed by atoms with Crippen molar-refractivity contribution in [1.82, 2.24) is 0 Å². The van der Waals surface area contributed by atoms with Gasteiger partial charge >= 0.3 is 0 Å². The van der Waals surface area contributed by atoms with E-state index < -0.39 is 6.04 Å². The second kappa shape index (κ2) is 12.3. The number of nitrogens with zero attached hydrogens (tertiary/aromatic N) is 6. The van der Waals surface area contributed by atoms with Crippen LogP contribution >= 0.6 is 0 Å². The summed E-state index contributed by atoms with van der Waals surface area (Å²) in [5, 5.41) is 6.84. The molecule has 0 bridgehead atoms. The van der Waals surface area contributed by atoms with E-state index in [1.165, 1.54) is 0 Å². The van der Waals surface area contributed by atoms with E-state index >= 15 is 0 Å². The Bertz CT molecular complexity index is 423. The molecule has 102 valence electrons. The highest BCUT2D eigenvalue weighted by Gasteiger charge is 2.05. The molecular formula is C12H18N6O. The second-order valence-corrected chi connectivity index (χ2v) is 3.27. The van der Waals surface area contributed by atoms with Gasteiger partial charge in [0.2, 0.25) is 0 Å². The Hall–Kier alpha value is -2.20. The first-order chi connectivity index (χ1) is 9.36. The minimum Gasteiger partial charge on any atom is -0.376 e. The van der Waals surface area contributed by atoms with Gasteiger partial charge in [-0.1, -0.05) is 54.4 Å². The fraction of sp³-hybridized carbons (Fsp3) is 0.500. The Labute approximate surface area is 112 Å². The van der Waals surface area contributed by atoms with E-state index in [1.54, 1.807) is 0 Å². The van der Waals surface area contributed by atoms with Gasteiger partial charge in [0, 0.05) is 16.4 Å². The standard InChI is InChI=1S/C10H12N6O.C2H6/c11-15-13-6-10(14-16-12)8-17-7-9-4-2-1-3-5-9;1-2/h1-5,10H,6-8H2;1-2H3. The summed E-state index contributed by atoms with van der Waals surface area (Å²) in [5.74, 6) is 0. The van der Waals surface area contributed by atoms with Crippen molar-refractivity contribution in [3.8, 4) is 0 Å². The number of rotatable bonds is 7. The van der Waals surface area contributed by atoms with E-state index in [0.29, 0.717) is 6.61 Å². The lowest BCUT2D eigenvalue weighted by Crippen LogP contribution is -2.16. The first-order valence-corrected chi connectivity index (χ1v) is 6.03. The van der Waals surface area contributed by atoms with Crippen LogP contribution < -0.4 is 0 Å². The molecule has 1 rings (SSSR count). The van der Waals surface area contributed by atoms with Gasteiger partial charge in [-0.25, -0.2) is 0 Å². The van der Waals surface area contributed by atoms with Crippen LogP contribution in [0.2, 0.25) is 0 Å². The van der Waals surface area contributed by atoms with Gasteiger partial charge in [0.15, 0.2) is 0 Å². The SMILES string of the molecule is CC.[N-]=[N+]=NCC(COCc1ccccc1)N=[N+]=[N-]. The third-order valence-corrected chi connectivity index (χ3v) is 1.99. The van der Waals surface area contributed by atoms with Crippen LogP contribution in [0.5, 0.6) is 0 Å². The zero-order valence-electron chi connectivity index (χ0n) is 11.2. The van der Waals surface area contributed by atoms with E-state index in [0.717, 1.165) is 5.56 Å². The number of ether oxygens (including phenoxy) is 1. The van der Waals surface area contributed by atoms with Crippen LogP contribution in [-0.2, 0) is 11.3 Å².